The summed E-state index contributed by atoms with van der Waals surface area (Å²) in [5.41, 5.74) is 1.06. The highest BCUT2D eigenvalue weighted by molar-refractivity contribution is 7.85. The van der Waals surface area contributed by atoms with Gasteiger partial charge in [0.05, 0.1) is 14.2 Å². The lowest BCUT2D eigenvalue weighted by molar-refractivity contribution is 0.354. The third-order valence-corrected chi connectivity index (χ3v) is 4.77. The number of rotatable bonds is 8. The molecule has 0 aliphatic rings. The predicted molar refractivity (Wildman–Crippen MR) is 84.1 cm³/mol. The van der Waals surface area contributed by atoms with Crippen molar-refractivity contribution in [3.63, 3.8) is 0 Å². The Morgan fingerprint density at radius 1 is 1.15 bits per heavy atom. The monoisotopic (exact) mass is 299 g/mol. The van der Waals surface area contributed by atoms with Crippen LogP contribution in [0.3, 0.4) is 0 Å². The summed E-state index contributed by atoms with van der Waals surface area (Å²) in [5, 5.41) is 3.22. The fraction of sp³-hybridized carbons (Fsp3) is 0.600. The molecule has 0 radical (unpaired) electrons. The van der Waals surface area contributed by atoms with Crippen molar-refractivity contribution < 1.29 is 13.7 Å². The summed E-state index contributed by atoms with van der Waals surface area (Å²) in [4.78, 5) is 0. The average Bonchev–Trinajstić information content (AvgIpc) is 2.43. The van der Waals surface area contributed by atoms with Crippen molar-refractivity contribution in [2.75, 3.05) is 32.8 Å². The summed E-state index contributed by atoms with van der Waals surface area (Å²) in [6.45, 7) is 4.17. The first-order valence-electron chi connectivity index (χ1n) is 6.76. The molecule has 0 bridgehead atoms. The van der Waals surface area contributed by atoms with Crippen molar-refractivity contribution in [2.45, 2.75) is 19.9 Å². The van der Waals surface area contributed by atoms with Gasteiger partial charge in [-0.2, -0.15) is 0 Å². The first kappa shape index (κ1) is 17.0. The van der Waals surface area contributed by atoms with Crippen LogP contribution >= 0.6 is 0 Å². The van der Waals surface area contributed by atoms with Crippen molar-refractivity contribution in [1.29, 1.82) is 0 Å². The van der Waals surface area contributed by atoms with Gasteiger partial charge in [0.1, 0.15) is 0 Å². The van der Waals surface area contributed by atoms with E-state index in [2.05, 4.69) is 19.2 Å². The molecule has 5 heteroatoms. The number of methoxy groups -OCH3 is 2. The van der Waals surface area contributed by atoms with Crippen molar-refractivity contribution in [3.05, 3.63) is 23.8 Å². The Morgan fingerprint density at radius 2 is 1.80 bits per heavy atom. The molecule has 2 unspecified atom stereocenters. The molecule has 0 amide bonds. The Kier molecular flexibility index (Phi) is 7.02. The Labute approximate surface area is 124 Å². The van der Waals surface area contributed by atoms with Crippen LogP contribution in [-0.2, 0) is 10.8 Å². The summed E-state index contributed by atoms with van der Waals surface area (Å²) >= 11 is 0. The van der Waals surface area contributed by atoms with E-state index in [1.54, 1.807) is 14.2 Å². The first-order chi connectivity index (χ1) is 9.51. The quantitative estimate of drug-likeness (QED) is 0.800. The molecule has 0 fully saturated rings. The molecule has 0 heterocycles. The number of nitrogens with one attached hydrogen (secondary N) is 1. The molecule has 2 atom stereocenters. The van der Waals surface area contributed by atoms with E-state index in [-0.39, 0.29) is 6.04 Å². The Balaban J connectivity index is 2.87. The van der Waals surface area contributed by atoms with Crippen molar-refractivity contribution >= 4 is 10.8 Å². The molecule has 0 saturated carbocycles. The molecular formula is C15H25NO3S. The summed E-state index contributed by atoms with van der Waals surface area (Å²) in [7, 11) is 4.29. The van der Waals surface area contributed by atoms with Crippen LogP contribution in [0.25, 0.3) is 0 Å². The van der Waals surface area contributed by atoms with Crippen LogP contribution in [0.4, 0.5) is 0 Å². The van der Waals surface area contributed by atoms with E-state index < -0.39 is 10.8 Å². The predicted octanol–water partition coefficient (Wildman–Crippen LogP) is 2.37. The van der Waals surface area contributed by atoms with Gasteiger partial charge in [-0.15, -0.1) is 0 Å². The lowest BCUT2D eigenvalue weighted by Crippen LogP contribution is -2.24. The lowest BCUT2D eigenvalue weighted by atomic mass is 10.1. The van der Waals surface area contributed by atoms with E-state index in [1.165, 1.54) is 0 Å². The molecule has 20 heavy (non-hydrogen) atoms. The minimum absolute atomic E-state index is 0.0504. The maximum absolute atomic E-state index is 12.1. The zero-order chi connectivity index (χ0) is 15.1. The van der Waals surface area contributed by atoms with Crippen molar-refractivity contribution in [1.82, 2.24) is 5.32 Å². The topological polar surface area (TPSA) is 47.6 Å². The molecular weight excluding hydrogens is 274 g/mol. The lowest BCUT2D eigenvalue weighted by Gasteiger charge is -2.18. The second-order valence-corrected chi connectivity index (χ2v) is 6.67. The number of ether oxygens (including phenoxy) is 2. The third-order valence-electron chi connectivity index (χ3n) is 3.03. The smallest absolute Gasteiger partial charge is 0.161 e. The van der Waals surface area contributed by atoms with Gasteiger partial charge in [-0.25, -0.2) is 0 Å². The van der Waals surface area contributed by atoms with Gasteiger partial charge in [0, 0.05) is 28.3 Å². The standard InChI is InChI=1S/C15H25NO3S/c1-11(2)9-20(17)10-13(16-3)12-6-7-14(18-4)15(8-12)19-5/h6-8,11,13,16H,9-10H2,1-5H3. The van der Waals surface area contributed by atoms with Gasteiger partial charge in [0.2, 0.25) is 0 Å². The molecule has 114 valence electrons. The first-order valence-corrected chi connectivity index (χ1v) is 8.24. The van der Waals surface area contributed by atoms with E-state index in [0.29, 0.717) is 23.2 Å². The molecule has 0 saturated heterocycles. The molecule has 0 aromatic heterocycles. The highest BCUT2D eigenvalue weighted by Gasteiger charge is 2.16. The molecule has 0 aliphatic heterocycles. The Hall–Kier alpha value is -1.07. The second kappa shape index (κ2) is 8.27. The van der Waals surface area contributed by atoms with Crippen LogP contribution in [0, 0.1) is 5.92 Å². The van der Waals surface area contributed by atoms with E-state index in [0.717, 1.165) is 11.3 Å². The zero-order valence-corrected chi connectivity index (χ0v) is 13.8. The Bertz CT molecular complexity index is 449. The van der Waals surface area contributed by atoms with Crippen LogP contribution in [0.5, 0.6) is 11.5 Å². The van der Waals surface area contributed by atoms with Gasteiger partial charge in [-0.1, -0.05) is 19.9 Å². The molecule has 1 N–H and O–H groups in total. The average molecular weight is 299 g/mol. The van der Waals surface area contributed by atoms with Gasteiger partial charge in [0.25, 0.3) is 0 Å². The molecule has 1 aromatic carbocycles. The minimum Gasteiger partial charge on any atom is -0.493 e. The fourth-order valence-electron chi connectivity index (χ4n) is 2.04. The maximum atomic E-state index is 12.1. The highest BCUT2D eigenvalue weighted by Crippen LogP contribution is 2.30. The highest BCUT2D eigenvalue weighted by atomic mass is 32.2. The van der Waals surface area contributed by atoms with Gasteiger partial charge >= 0.3 is 0 Å². The largest absolute Gasteiger partial charge is 0.493 e. The van der Waals surface area contributed by atoms with E-state index in [1.807, 2.05) is 25.2 Å². The maximum Gasteiger partial charge on any atom is 0.161 e. The number of hydrogen-bond acceptors (Lipinski definition) is 4. The van der Waals surface area contributed by atoms with E-state index >= 15 is 0 Å². The molecule has 0 spiro atoms. The molecule has 1 aromatic rings. The number of hydrogen-bond donors (Lipinski definition) is 1. The van der Waals surface area contributed by atoms with Gasteiger partial charge in [-0.3, -0.25) is 4.21 Å². The van der Waals surface area contributed by atoms with Gasteiger partial charge in [0.15, 0.2) is 11.5 Å². The van der Waals surface area contributed by atoms with Crippen LogP contribution < -0.4 is 14.8 Å². The summed E-state index contributed by atoms with van der Waals surface area (Å²) in [6, 6.07) is 5.85. The number of benzene rings is 1. The third kappa shape index (κ3) is 4.80. The molecule has 4 nitrogen and oxygen atoms in total. The molecule has 1 rings (SSSR count). The van der Waals surface area contributed by atoms with Gasteiger partial charge < -0.3 is 14.8 Å². The van der Waals surface area contributed by atoms with Crippen LogP contribution in [0.15, 0.2) is 18.2 Å². The summed E-state index contributed by atoms with van der Waals surface area (Å²) in [6.07, 6.45) is 0. The minimum atomic E-state index is -0.831. The summed E-state index contributed by atoms with van der Waals surface area (Å²) in [5.74, 6) is 3.17. The summed E-state index contributed by atoms with van der Waals surface area (Å²) < 4.78 is 22.6. The van der Waals surface area contributed by atoms with Crippen LogP contribution in [0.1, 0.15) is 25.5 Å². The van der Waals surface area contributed by atoms with Crippen molar-refractivity contribution in [3.8, 4) is 11.5 Å². The normalized spacial score (nSPS) is 14.1. The second-order valence-electron chi connectivity index (χ2n) is 5.12. The zero-order valence-electron chi connectivity index (χ0n) is 12.9. The van der Waals surface area contributed by atoms with E-state index in [9.17, 15) is 4.21 Å². The molecule has 0 aliphatic carbocycles. The fourth-order valence-corrected chi connectivity index (χ4v) is 3.65. The van der Waals surface area contributed by atoms with E-state index in [4.69, 9.17) is 9.47 Å². The van der Waals surface area contributed by atoms with Crippen molar-refractivity contribution in [2.24, 2.45) is 5.92 Å². The van der Waals surface area contributed by atoms with Crippen LogP contribution in [0.2, 0.25) is 0 Å². The van der Waals surface area contributed by atoms with Crippen LogP contribution in [-0.4, -0.2) is 37.0 Å². The Morgan fingerprint density at radius 3 is 2.30 bits per heavy atom. The SMILES string of the molecule is CNC(CS(=O)CC(C)C)c1ccc(OC)c(OC)c1. The van der Waals surface area contributed by atoms with Gasteiger partial charge in [-0.05, 0) is 30.7 Å².